The molecule has 1 aromatic carbocycles. The van der Waals surface area contributed by atoms with Crippen molar-refractivity contribution in [3.63, 3.8) is 0 Å². The number of rotatable bonds is 3. The lowest BCUT2D eigenvalue weighted by Gasteiger charge is -2.05. The minimum Gasteiger partial charge on any atom is -0.277 e. The second-order valence-corrected chi connectivity index (χ2v) is 5.95. The molecule has 0 saturated carbocycles. The van der Waals surface area contributed by atoms with Gasteiger partial charge >= 0.3 is 0 Å². The van der Waals surface area contributed by atoms with Gasteiger partial charge < -0.3 is 0 Å². The van der Waals surface area contributed by atoms with Gasteiger partial charge in [-0.1, -0.05) is 12.1 Å². The molecular formula is C18H12FN3S. The first-order valence-corrected chi connectivity index (χ1v) is 8.00. The van der Waals surface area contributed by atoms with Crippen LogP contribution < -0.4 is 0 Å². The zero-order chi connectivity index (χ0) is 15.6. The van der Waals surface area contributed by atoms with E-state index in [1.54, 1.807) is 23.6 Å². The molecule has 3 nitrogen and oxygen atoms in total. The van der Waals surface area contributed by atoms with Crippen LogP contribution in [0.15, 0.2) is 60.1 Å². The fourth-order valence-corrected chi connectivity index (χ4v) is 3.07. The maximum Gasteiger partial charge on any atom is 0.139 e. The third-order valence-electron chi connectivity index (χ3n) is 3.46. The topological polar surface area (TPSA) is 30.7 Å². The van der Waals surface area contributed by atoms with Crippen LogP contribution in [0.1, 0.15) is 10.7 Å². The fourth-order valence-electron chi connectivity index (χ4n) is 2.45. The van der Waals surface area contributed by atoms with Gasteiger partial charge in [-0.05, 0) is 47.9 Å². The Hall–Kier alpha value is -2.79. The zero-order valence-electron chi connectivity index (χ0n) is 12.1. The number of fused-ring (bicyclic) bond motifs is 1. The number of halogens is 1. The van der Waals surface area contributed by atoms with Crippen molar-refractivity contribution in [2.75, 3.05) is 0 Å². The molecule has 3 aromatic heterocycles. The summed E-state index contributed by atoms with van der Waals surface area (Å²) in [7, 11) is 0. The molecule has 0 bridgehead atoms. The highest BCUT2D eigenvalue weighted by atomic mass is 32.1. The quantitative estimate of drug-likeness (QED) is 0.543. The first kappa shape index (κ1) is 13.8. The highest BCUT2D eigenvalue weighted by Crippen LogP contribution is 2.23. The number of benzene rings is 1. The lowest BCUT2D eigenvalue weighted by atomic mass is 10.3. The van der Waals surface area contributed by atoms with Crippen LogP contribution in [0.3, 0.4) is 0 Å². The molecule has 3 heterocycles. The molecule has 0 aliphatic carbocycles. The third kappa shape index (κ3) is 2.66. The van der Waals surface area contributed by atoms with Crippen molar-refractivity contribution < 1.29 is 4.39 Å². The van der Waals surface area contributed by atoms with Crippen LogP contribution in [0.4, 0.5) is 4.39 Å². The summed E-state index contributed by atoms with van der Waals surface area (Å²) in [5.41, 5.74) is 1.44. The van der Waals surface area contributed by atoms with Gasteiger partial charge in [-0.25, -0.2) is 14.4 Å². The van der Waals surface area contributed by atoms with Gasteiger partial charge in [-0.2, -0.15) is 0 Å². The number of thiophene rings is 1. The van der Waals surface area contributed by atoms with Crippen LogP contribution in [0, 0.1) is 5.82 Å². The molecule has 0 amide bonds. The summed E-state index contributed by atoms with van der Waals surface area (Å²) in [5.74, 6) is 1.18. The van der Waals surface area contributed by atoms with Crippen LogP contribution in [-0.4, -0.2) is 14.5 Å². The van der Waals surface area contributed by atoms with E-state index in [1.807, 2.05) is 52.4 Å². The largest absolute Gasteiger partial charge is 0.277 e. The predicted molar refractivity (Wildman–Crippen MR) is 92.1 cm³/mol. The monoisotopic (exact) mass is 321 g/mol. The van der Waals surface area contributed by atoms with Crippen molar-refractivity contribution in [3.05, 3.63) is 76.6 Å². The summed E-state index contributed by atoms with van der Waals surface area (Å²) < 4.78 is 15.4. The van der Waals surface area contributed by atoms with Crippen molar-refractivity contribution in [2.24, 2.45) is 0 Å². The van der Waals surface area contributed by atoms with E-state index in [4.69, 9.17) is 0 Å². The Morgan fingerprint density at radius 3 is 2.78 bits per heavy atom. The second kappa shape index (κ2) is 5.78. The van der Waals surface area contributed by atoms with Crippen LogP contribution in [0.2, 0.25) is 0 Å². The van der Waals surface area contributed by atoms with Crippen LogP contribution >= 0.6 is 11.3 Å². The summed E-state index contributed by atoms with van der Waals surface area (Å²) in [6.45, 7) is 0. The molecule has 4 rings (SSSR count). The highest BCUT2D eigenvalue weighted by Gasteiger charge is 2.12. The summed E-state index contributed by atoms with van der Waals surface area (Å²) in [6.07, 6.45) is 5.66. The van der Waals surface area contributed by atoms with Crippen molar-refractivity contribution >= 4 is 34.5 Å². The molecule has 0 fully saturated rings. The summed E-state index contributed by atoms with van der Waals surface area (Å²) in [6, 6.07) is 14.3. The molecule has 5 heteroatoms. The van der Waals surface area contributed by atoms with Crippen LogP contribution in [0.5, 0.6) is 0 Å². The Morgan fingerprint density at radius 1 is 1.04 bits per heavy atom. The van der Waals surface area contributed by atoms with E-state index in [0.29, 0.717) is 5.52 Å². The first-order valence-electron chi connectivity index (χ1n) is 7.12. The highest BCUT2D eigenvalue weighted by molar-refractivity contribution is 7.10. The number of hydrogen-bond acceptors (Lipinski definition) is 3. The average Bonchev–Trinajstić information content (AvgIpc) is 3.20. The molecule has 0 radical (unpaired) electrons. The van der Waals surface area contributed by atoms with Crippen molar-refractivity contribution in [1.82, 2.24) is 14.5 Å². The molecule has 0 saturated heterocycles. The molecule has 0 aliphatic rings. The molecule has 0 unspecified atom stereocenters. The van der Waals surface area contributed by atoms with E-state index in [2.05, 4.69) is 9.97 Å². The van der Waals surface area contributed by atoms with Gasteiger partial charge in [0.25, 0.3) is 0 Å². The van der Waals surface area contributed by atoms with Crippen molar-refractivity contribution in [3.8, 4) is 5.82 Å². The third-order valence-corrected chi connectivity index (χ3v) is 4.30. The van der Waals surface area contributed by atoms with Crippen molar-refractivity contribution in [2.45, 2.75) is 0 Å². The molecule has 23 heavy (non-hydrogen) atoms. The van der Waals surface area contributed by atoms with Gasteiger partial charge in [0.1, 0.15) is 17.5 Å². The second-order valence-electron chi connectivity index (χ2n) is 4.98. The van der Waals surface area contributed by atoms with E-state index < -0.39 is 0 Å². The fraction of sp³-hybridized carbons (Fsp3) is 0. The normalized spacial score (nSPS) is 11.5. The summed E-state index contributed by atoms with van der Waals surface area (Å²) in [5, 5.41) is 2.02. The standard InChI is InChI=1S/C18H12FN3S/c19-13-6-8-16-15(12-13)21-18(9-7-14-4-3-11-23-14)22(16)17-5-1-2-10-20-17/h1-12H. The number of imidazole rings is 1. The Morgan fingerprint density at radius 2 is 2.00 bits per heavy atom. The van der Waals surface area contributed by atoms with Crippen molar-refractivity contribution in [1.29, 1.82) is 0 Å². The Balaban J connectivity index is 1.92. The molecular weight excluding hydrogens is 309 g/mol. The molecule has 0 N–H and O–H groups in total. The van der Waals surface area contributed by atoms with Gasteiger partial charge in [0, 0.05) is 17.1 Å². The minimum atomic E-state index is -0.294. The lowest BCUT2D eigenvalue weighted by molar-refractivity contribution is 0.629. The average molecular weight is 321 g/mol. The number of pyridine rings is 1. The van der Waals surface area contributed by atoms with E-state index >= 15 is 0 Å². The zero-order valence-corrected chi connectivity index (χ0v) is 12.9. The van der Waals surface area contributed by atoms with Gasteiger partial charge in [-0.15, -0.1) is 11.3 Å². The smallest absolute Gasteiger partial charge is 0.139 e. The van der Waals surface area contributed by atoms with E-state index in [1.165, 1.54) is 12.1 Å². The predicted octanol–water partition coefficient (Wildman–Crippen LogP) is 4.79. The lowest BCUT2D eigenvalue weighted by Crippen LogP contribution is -1.99. The molecule has 4 aromatic rings. The maximum absolute atomic E-state index is 13.5. The van der Waals surface area contributed by atoms with E-state index in [0.717, 1.165) is 22.0 Å². The van der Waals surface area contributed by atoms with Crippen LogP contribution in [-0.2, 0) is 0 Å². The Bertz CT molecular complexity index is 972. The van der Waals surface area contributed by atoms with Gasteiger partial charge in [0.15, 0.2) is 0 Å². The van der Waals surface area contributed by atoms with Crippen LogP contribution in [0.25, 0.3) is 29.0 Å². The number of aromatic nitrogens is 3. The maximum atomic E-state index is 13.5. The van der Waals surface area contributed by atoms with Gasteiger partial charge in [-0.3, -0.25) is 4.57 Å². The van der Waals surface area contributed by atoms with Gasteiger partial charge in [0.05, 0.1) is 11.0 Å². The van der Waals surface area contributed by atoms with Gasteiger partial charge in [0.2, 0.25) is 0 Å². The molecule has 0 atom stereocenters. The first-order chi connectivity index (χ1) is 11.3. The number of nitrogens with zero attached hydrogens (tertiary/aromatic N) is 3. The number of hydrogen-bond donors (Lipinski definition) is 0. The molecule has 0 aliphatic heterocycles. The SMILES string of the molecule is Fc1ccc2c(c1)nc(C=Cc1cccs1)n2-c1ccccn1. The Kier molecular flexibility index (Phi) is 3.48. The minimum absolute atomic E-state index is 0.294. The summed E-state index contributed by atoms with van der Waals surface area (Å²) in [4.78, 5) is 10.1. The Labute approximate surface area is 136 Å². The van der Waals surface area contributed by atoms with E-state index in [9.17, 15) is 4.39 Å². The molecule has 0 spiro atoms. The summed E-state index contributed by atoms with van der Waals surface area (Å²) >= 11 is 1.65. The molecule has 112 valence electrons. The van der Waals surface area contributed by atoms with E-state index in [-0.39, 0.29) is 5.82 Å².